The number of rotatable bonds is 4. The fourth-order valence-electron chi connectivity index (χ4n) is 9.21. The molecule has 2 atom stereocenters. The fraction of sp³-hybridized carbons (Fsp3) is 0.0400. The first-order valence-corrected chi connectivity index (χ1v) is 18.6. The van der Waals surface area contributed by atoms with Gasteiger partial charge in [-0.2, -0.15) is 0 Å². The first kappa shape index (κ1) is 29.5. The number of nitrogens with zero attached hydrogens (tertiary/aromatic N) is 2. The van der Waals surface area contributed by atoms with Crippen LogP contribution in [0, 0.1) is 0 Å². The molecule has 10 aromatic rings. The third-order valence-electron chi connectivity index (χ3n) is 11.6. The zero-order valence-corrected chi connectivity index (χ0v) is 29.2. The van der Waals surface area contributed by atoms with Crippen LogP contribution in [0.25, 0.3) is 71.7 Å². The highest BCUT2D eigenvalue weighted by Gasteiger charge is 2.47. The van der Waals surface area contributed by atoms with Crippen molar-refractivity contribution in [1.29, 1.82) is 0 Å². The van der Waals surface area contributed by atoms with Crippen molar-refractivity contribution in [2.75, 3.05) is 4.90 Å². The minimum absolute atomic E-state index is 0.126. The molecule has 254 valence electrons. The molecule has 0 radical (unpaired) electrons. The van der Waals surface area contributed by atoms with Gasteiger partial charge in [-0.05, 0) is 87.1 Å². The molecule has 8 aromatic carbocycles. The third-order valence-corrected chi connectivity index (χ3v) is 11.6. The second-order valence-electron chi connectivity index (χ2n) is 14.4. The number of fused-ring (bicyclic) bond motifs is 11. The maximum Gasteiger partial charge on any atom is 0.213 e. The summed E-state index contributed by atoms with van der Waals surface area (Å²) in [7, 11) is 0. The number of hydrogen-bond acceptors (Lipinski definition) is 3. The predicted octanol–water partition coefficient (Wildman–Crippen LogP) is 13.0. The summed E-state index contributed by atoms with van der Waals surface area (Å²) < 4.78 is 15.7. The Kier molecular flexibility index (Phi) is 6.14. The van der Waals surface area contributed by atoms with E-state index < -0.39 is 0 Å². The smallest absolute Gasteiger partial charge is 0.213 e. The van der Waals surface area contributed by atoms with Crippen molar-refractivity contribution in [3.63, 3.8) is 0 Å². The molecular weight excluding hydrogens is 661 g/mol. The number of furan rings is 1. The summed E-state index contributed by atoms with van der Waals surface area (Å²) in [6, 6.07) is 65.2. The van der Waals surface area contributed by atoms with E-state index in [2.05, 4.69) is 185 Å². The largest absolute Gasteiger partial charge is 0.469 e. The molecule has 0 bridgehead atoms. The van der Waals surface area contributed by atoms with E-state index in [4.69, 9.17) is 9.15 Å². The van der Waals surface area contributed by atoms with Gasteiger partial charge >= 0.3 is 0 Å². The molecule has 0 fully saturated rings. The van der Waals surface area contributed by atoms with E-state index in [0.29, 0.717) is 0 Å². The monoisotopic (exact) mass is 692 g/mol. The highest BCUT2D eigenvalue weighted by atomic mass is 16.5. The molecule has 12 rings (SSSR count). The van der Waals surface area contributed by atoms with Gasteiger partial charge in [0.25, 0.3) is 0 Å². The maximum absolute atomic E-state index is 6.90. The van der Waals surface area contributed by atoms with Crippen molar-refractivity contribution in [3.8, 4) is 33.7 Å². The summed E-state index contributed by atoms with van der Waals surface area (Å²) in [5.41, 5.74) is 13.6. The van der Waals surface area contributed by atoms with Gasteiger partial charge < -0.3 is 14.1 Å². The minimum Gasteiger partial charge on any atom is -0.469 e. The van der Waals surface area contributed by atoms with Gasteiger partial charge in [0.15, 0.2) is 6.23 Å². The molecule has 2 aliphatic heterocycles. The summed E-state index contributed by atoms with van der Waals surface area (Å²) in [4.78, 5) is 2.36. The quantitative estimate of drug-likeness (QED) is 0.184. The number of aromatic nitrogens is 1. The summed E-state index contributed by atoms with van der Waals surface area (Å²) in [5, 5.41) is 5.88. The number of benzene rings is 8. The Morgan fingerprint density at radius 1 is 0.463 bits per heavy atom. The van der Waals surface area contributed by atoms with Gasteiger partial charge in [0.2, 0.25) is 5.71 Å². The van der Waals surface area contributed by atoms with Crippen LogP contribution in [-0.2, 0) is 0 Å². The van der Waals surface area contributed by atoms with Gasteiger partial charge in [0.1, 0.15) is 11.3 Å². The van der Waals surface area contributed by atoms with Gasteiger partial charge in [0, 0.05) is 33.4 Å². The standard InChI is InChI=1S/C50H32N2O2/c1-3-13-33(14-4-1)51-43-21-11-9-19-39(43)47-42-26-24-32(30-46(42)54-49(47)51)36-28-27-35(37-17-7-8-18-38(36)37)31-23-25-40-44(29-31)52(34-15-5-2-6-16-34)50-48(40)41-20-10-12-22-45(41)53-50/h1-30,47,49H. The zero-order valence-electron chi connectivity index (χ0n) is 29.2. The van der Waals surface area contributed by atoms with Crippen LogP contribution >= 0.6 is 0 Å². The van der Waals surface area contributed by atoms with Crippen molar-refractivity contribution in [3.05, 3.63) is 193 Å². The molecule has 2 unspecified atom stereocenters. The lowest BCUT2D eigenvalue weighted by atomic mass is 9.89. The normalized spacial score (nSPS) is 15.9. The van der Waals surface area contributed by atoms with Crippen LogP contribution in [0.1, 0.15) is 17.0 Å². The first-order chi connectivity index (χ1) is 26.8. The molecule has 0 saturated carbocycles. The van der Waals surface area contributed by atoms with Crippen molar-refractivity contribution >= 4 is 55.1 Å². The van der Waals surface area contributed by atoms with Crippen LogP contribution in [0.4, 0.5) is 11.4 Å². The Labute approximate surface area is 311 Å². The van der Waals surface area contributed by atoms with E-state index in [0.717, 1.165) is 55.8 Å². The minimum atomic E-state index is -0.126. The number of ether oxygens (including phenoxy) is 1. The molecule has 0 amide bonds. The van der Waals surface area contributed by atoms with Crippen molar-refractivity contribution < 1.29 is 9.15 Å². The lowest BCUT2D eigenvalue weighted by molar-refractivity contribution is 0.234. The predicted molar refractivity (Wildman–Crippen MR) is 220 cm³/mol. The van der Waals surface area contributed by atoms with Gasteiger partial charge in [-0.25, -0.2) is 0 Å². The van der Waals surface area contributed by atoms with Crippen LogP contribution < -0.4 is 9.64 Å². The van der Waals surface area contributed by atoms with Crippen LogP contribution in [0.5, 0.6) is 5.75 Å². The lowest BCUT2D eigenvalue weighted by Gasteiger charge is -2.26. The Morgan fingerprint density at radius 2 is 1.09 bits per heavy atom. The van der Waals surface area contributed by atoms with Crippen LogP contribution in [0.3, 0.4) is 0 Å². The molecule has 2 aromatic heterocycles. The molecule has 2 aliphatic rings. The second-order valence-corrected chi connectivity index (χ2v) is 14.4. The Morgan fingerprint density at radius 3 is 1.87 bits per heavy atom. The lowest BCUT2D eigenvalue weighted by Crippen LogP contribution is -2.32. The van der Waals surface area contributed by atoms with Gasteiger partial charge in [0.05, 0.1) is 16.8 Å². The summed E-state index contributed by atoms with van der Waals surface area (Å²) in [6.45, 7) is 0. The molecule has 4 heteroatoms. The number of para-hydroxylation sites is 4. The molecular formula is C50H32N2O2. The van der Waals surface area contributed by atoms with Crippen molar-refractivity contribution in [2.45, 2.75) is 12.1 Å². The van der Waals surface area contributed by atoms with Gasteiger partial charge in [-0.15, -0.1) is 0 Å². The van der Waals surface area contributed by atoms with E-state index in [9.17, 15) is 0 Å². The maximum atomic E-state index is 6.90. The van der Waals surface area contributed by atoms with Crippen LogP contribution in [0.15, 0.2) is 186 Å². The molecule has 0 saturated heterocycles. The van der Waals surface area contributed by atoms with E-state index in [1.807, 2.05) is 6.07 Å². The Hall–Kier alpha value is -7.04. The van der Waals surface area contributed by atoms with Gasteiger partial charge in [-0.1, -0.05) is 133 Å². The summed E-state index contributed by atoms with van der Waals surface area (Å²) in [5.74, 6) is 1.10. The fourth-order valence-corrected chi connectivity index (χ4v) is 9.21. The van der Waals surface area contributed by atoms with Crippen LogP contribution in [0.2, 0.25) is 0 Å². The first-order valence-electron chi connectivity index (χ1n) is 18.6. The second kappa shape index (κ2) is 11.2. The molecule has 4 nitrogen and oxygen atoms in total. The zero-order chi connectivity index (χ0) is 35.3. The number of hydrogen-bond donors (Lipinski definition) is 0. The number of anilines is 2. The van der Waals surface area contributed by atoms with Crippen molar-refractivity contribution in [2.24, 2.45) is 0 Å². The SMILES string of the molecule is c1ccc(N2c3ccccc3C3c4ccc(-c5ccc(-c6ccc7c8c9ccccc9oc8n(-c8ccccc8)c7c6)c6ccccc56)cc4OC32)cc1. The van der Waals surface area contributed by atoms with E-state index in [1.165, 1.54) is 44.1 Å². The summed E-state index contributed by atoms with van der Waals surface area (Å²) in [6.07, 6.45) is -0.126. The molecule has 0 aliphatic carbocycles. The highest BCUT2D eigenvalue weighted by molar-refractivity contribution is 6.20. The van der Waals surface area contributed by atoms with E-state index in [-0.39, 0.29) is 12.1 Å². The Balaban J connectivity index is 0.984. The van der Waals surface area contributed by atoms with E-state index in [1.54, 1.807) is 0 Å². The third kappa shape index (κ3) is 4.13. The topological polar surface area (TPSA) is 30.5 Å². The highest BCUT2D eigenvalue weighted by Crippen LogP contribution is 2.55. The average molecular weight is 693 g/mol. The van der Waals surface area contributed by atoms with Crippen molar-refractivity contribution in [1.82, 2.24) is 4.57 Å². The Bertz CT molecular complexity index is 3100. The summed E-state index contributed by atoms with van der Waals surface area (Å²) >= 11 is 0. The molecule has 54 heavy (non-hydrogen) atoms. The average Bonchev–Trinajstić information content (AvgIpc) is 3.97. The molecule has 0 spiro atoms. The molecule has 4 heterocycles. The molecule has 0 N–H and O–H groups in total. The van der Waals surface area contributed by atoms with Gasteiger partial charge in [-0.3, -0.25) is 4.57 Å². The van der Waals surface area contributed by atoms with Crippen LogP contribution in [-0.4, -0.2) is 10.8 Å². The van der Waals surface area contributed by atoms with E-state index >= 15 is 0 Å².